The van der Waals surface area contributed by atoms with Crippen LogP contribution in [0, 0.1) is 0 Å². The number of aldehydes is 1. The molecule has 1 N–H and O–H groups in total. The van der Waals surface area contributed by atoms with Crippen molar-refractivity contribution in [2.24, 2.45) is 0 Å². The molecule has 4 rings (SSSR count). The molecule has 0 heterocycles. The molecule has 0 radical (unpaired) electrons. The standard InChI is InChI=1S/C27H25O2P/c28-20-22-12-10-11-19-26(22)27(21-29)30(23-13-4-1-5-14-23,24-15-6-2-7-16-24)25-17-8-3-9-18-25/h1-19,21,27-28,30H,20H2. The van der Waals surface area contributed by atoms with E-state index in [1.165, 1.54) is 15.9 Å². The first-order valence-electron chi connectivity index (χ1n) is 10.1. The Morgan fingerprint density at radius 3 is 1.43 bits per heavy atom. The molecule has 0 aliphatic rings. The van der Waals surface area contributed by atoms with Crippen LogP contribution in [-0.2, 0) is 11.4 Å². The van der Waals surface area contributed by atoms with Gasteiger partial charge in [0.1, 0.15) is 0 Å². The van der Waals surface area contributed by atoms with Gasteiger partial charge in [0.2, 0.25) is 0 Å². The molecule has 4 aromatic carbocycles. The topological polar surface area (TPSA) is 37.3 Å². The molecule has 1 unspecified atom stereocenters. The summed E-state index contributed by atoms with van der Waals surface area (Å²) in [5.41, 5.74) is 1.32. The predicted octanol–water partition coefficient (Wildman–Crippen LogP) is 4.15. The van der Waals surface area contributed by atoms with E-state index in [9.17, 15) is 9.90 Å². The van der Waals surface area contributed by atoms with Gasteiger partial charge < -0.3 is 0 Å². The van der Waals surface area contributed by atoms with Gasteiger partial charge in [-0.1, -0.05) is 0 Å². The summed E-state index contributed by atoms with van der Waals surface area (Å²) in [6, 6.07) is 38.9. The van der Waals surface area contributed by atoms with Crippen LogP contribution < -0.4 is 15.9 Å². The van der Waals surface area contributed by atoms with Crippen molar-refractivity contribution in [1.82, 2.24) is 0 Å². The molecular weight excluding hydrogens is 387 g/mol. The molecule has 30 heavy (non-hydrogen) atoms. The molecule has 1 atom stereocenters. The van der Waals surface area contributed by atoms with Crippen LogP contribution >= 0.6 is 7.26 Å². The van der Waals surface area contributed by atoms with Gasteiger partial charge in [0.25, 0.3) is 0 Å². The van der Waals surface area contributed by atoms with Crippen LogP contribution in [0.3, 0.4) is 0 Å². The Labute approximate surface area is 178 Å². The van der Waals surface area contributed by atoms with Crippen molar-refractivity contribution in [2.45, 2.75) is 12.3 Å². The van der Waals surface area contributed by atoms with Crippen molar-refractivity contribution >= 4 is 29.5 Å². The number of carbonyl (C=O) groups is 1. The second kappa shape index (κ2) is 9.17. The molecule has 0 aromatic heterocycles. The second-order valence-corrected chi connectivity index (χ2v) is 11.3. The molecule has 0 aliphatic carbocycles. The Hall–Kier alpha value is -3.06. The number of aliphatic hydroxyl groups excluding tert-OH is 1. The third-order valence-corrected chi connectivity index (χ3v) is 11.0. The summed E-state index contributed by atoms with van der Waals surface area (Å²) in [4.78, 5) is 12.9. The third-order valence-electron chi connectivity index (χ3n) is 5.85. The Bertz CT molecular complexity index is 999. The van der Waals surface area contributed by atoms with Crippen molar-refractivity contribution in [3.05, 3.63) is 126 Å². The van der Waals surface area contributed by atoms with Gasteiger partial charge in [-0.05, 0) is 0 Å². The number of benzene rings is 4. The van der Waals surface area contributed by atoms with E-state index in [0.29, 0.717) is 0 Å². The first-order valence-corrected chi connectivity index (χ1v) is 12.2. The van der Waals surface area contributed by atoms with Gasteiger partial charge in [-0.15, -0.1) is 0 Å². The fourth-order valence-electron chi connectivity index (χ4n) is 4.53. The Balaban J connectivity index is 2.13. The molecule has 4 aromatic rings. The Morgan fingerprint density at radius 2 is 1.03 bits per heavy atom. The molecule has 0 amide bonds. The molecule has 0 saturated heterocycles. The fraction of sp³-hybridized carbons (Fsp3) is 0.0741. The zero-order valence-corrected chi connectivity index (χ0v) is 17.7. The van der Waals surface area contributed by atoms with E-state index < -0.39 is 7.26 Å². The second-order valence-electron chi connectivity index (χ2n) is 7.38. The van der Waals surface area contributed by atoms with E-state index in [4.69, 9.17) is 0 Å². The van der Waals surface area contributed by atoms with E-state index in [2.05, 4.69) is 36.4 Å². The average molecular weight is 412 g/mol. The SMILES string of the molecule is O=CC(c1ccccc1CO)[PH](c1ccccc1)(c1ccccc1)c1ccccc1. The first kappa shape index (κ1) is 20.2. The molecule has 0 fully saturated rings. The number of carbonyl (C=O) groups excluding carboxylic acids is 1. The van der Waals surface area contributed by atoms with Gasteiger partial charge in [-0.3, -0.25) is 0 Å². The van der Waals surface area contributed by atoms with Crippen LogP contribution in [0.15, 0.2) is 115 Å². The Kier molecular flexibility index (Phi) is 6.18. The van der Waals surface area contributed by atoms with E-state index >= 15 is 0 Å². The van der Waals surface area contributed by atoms with Crippen LogP contribution in [0.5, 0.6) is 0 Å². The van der Waals surface area contributed by atoms with Crippen LogP contribution in [0.4, 0.5) is 0 Å². The van der Waals surface area contributed by atoms with E-state index in [1.54, 1.807) is 0 Å². The third kappa shape index (κ3) is 3.50. The molecule has 0 saturated carbocycles. The van der Waals surface area contributed by atoms with Gasteiger partial charge in [0.15, 0.2) is 0 Å². The summed E-state index contributed by atoms with van der Waals surface area (Å²) >= 11 is 0. The predicted molar refractivity (Wildman–Crippen MR) is 128 cm³/mol. The van der Waals surface area contributed by atoms with Crippen molar-refractivity contribution < 1.29 is 9.90 Å². The number of rotatable bonds is 7. The van der Waals surface area contributed by atoms with Gasteiger partial charge in [0.05, 0.1) is 0 Å². The molecule has 150 valence electrons. The van der Waals surface area contributed by atoms with Crippen LogP contribution in [0.25, 0.3) is 0 Å². The van der Waals surface area contributed by atoms with Crippen molar-refractivity contribution in [3.63, 3.8) is 0 Å². The van der Waals surface area contributed by atoms with Gasteiger partial charge >= 0.3 is 178 Å². The van der Waals surface area contributed by atoms with Gasteiger partial charge in [-0.2, -0.15) is 0 Å². The number of aliphatic hydroxyl groups is 1. The molecule has 0 aliphatic heterocycles. The monoisotopic (exact) mass is 412 g/mol. The van der Waals surface area contributed by atoms with Crippen LogP contribution in [0.2, 0.25) is 0 Å². The first-order chi connectivity index (χ1) is 14.8. The molecule has 2 nitrogen and oxygen atoms in total. The summed E-state index contributed by atoms with van der Waals surface area (Å²) < 4.78 is 0. The normalized spacial score (nSPS) is 12.8. The quantitative estimate of drug-likeness (QED) is 0.366. The summed E-state index contributed by atoms with van der Waals surface area (Å²) in [7, 11) is -2.82. The zero-order chi connectivity index (χ0) is 20.8. The number of hydrogen-bond donors (Lipinski definition) is 1. The average Bonchev–Trinajstić information content (AvgIpc) is 2.84. The Morgan fingerprint density at radius 1 is 0.633 bits per heavy atom. The molecule has 0 spiro atoms. The minimum atomic E-state index is -2.82. The van der Waals surface area contributed by atoms with E-state index in [0.717, 1.165) is 17.4 Å². The number of hydrogen-bond acceptors (Lipinski definition) is 2. The van der Waals surface area contributed by atoms with E-state index in [1.807, 2.05) is 78.9 Å². The van der Waals surface area contributed by atoms with Crippen molar-refractivity contribution in [2.75, 3.05) is 0 Å². The van der Waals surface area contributed by atoms with Crippen LogP contribution in [-0.4, -0.2) is 11.4 Å². The molecular formula is C27H25O2P. The minimum absolute atomic E-state index is 0.0939. The summed E-state index contributed by atoms with van der Waals surface area (Å²) in [5, 5.41) is 13.6. The maximum absolute atomic E-state index is 12.9. The summed E-state index contributed by atoms with van der Waals surface area (Å²) in [5.74, 6) is 0. The van der Waals surface area contributed by atoms with Crippen molar-refractivity contribution in [1.29, 1.82) is 0 Å². The van der Waals surface area contributed by atoms with Gasteiger partial charge in [-0.25, -0.2) is 0 Å². The van der Waals surface area contributed by atoms with Gasteiger partial charge in [0, 0.05) is 0 Å². The maximum atomic E-state index is 12.9. The summed E-state index contributed by atoms with van der Waals surface area (Å²) in [6.07, 6.45) is 1.09. The summed E-state index contributed by atoms with van der Waals surface area (Å²) in [6.45, 7) is -0.0939. The van der Waals surface area contributed by atoms with E-state index in [-0.39, 0.29) is 12.3 Å². The molecule has 3 heteroatoms. The fourth-order valence-corrected chi connectivity index (χ4v) is 9.72. The zero-order valence-electron chi connectivity index (χ0n) is 16.7. The van der Waals surface area contributed by atoms with Crippen molar-refractivity contribution in [3.8, 4) is 0 Å². The molecule has 0 bridgehead atoms. The van der Waals surface area contributed by atoms with Crippen LogP contribution in [0.1, 0.15) is 16.8 Å².